The number of hydrogen-bond donors (Lipinski definition) is 2. The van der Waals surface area contributed by atoms with E-state index in [9.17, 15) is 10.2 Å². The highest BCUT2D eigenvalue weighted by molar-refractivity contribution is 14.1. The van der Waals surface area contributed by atoms with E-state index in [0.717, 1.165) is 4.88 Å². The molecular formula is C13H10ClIN4O3S. The van der Waals surface area contributed by atoms with Gasteiger partial charge in [0.15, 0.2) is 26.7 Å². The molecule has 1 fully saturated rings. The summed E-state index contributed by atoms with van der Waals surface area (Å²) in [5.74, 6) is 0.575. The van der Waals surface area contributed by atoms with E-state index in [1.54, 1.807) is 4.57 Å². The van der Waals surface area contributed by atoms with Crippen LogP contribution in [-0.2, 0) is 4.74 Å². The molecule has 0 aromatic carbocycles. The van der Waals surface area contributed by atoms with E-state index < -0.39 is 18.4 Å². The van der Waals surface area contributed by atoms with Gasteiger partial charge in [0.25, 0.3) is 0 Å². The second-order valence-electron chi connectivity index (χ2n) is 5.02. The molecule has 0 amide bonds. The molecule has 4 rings (SSSR count). The first-order chi connectivity index (χ1) is 11.1. The van der Waals surface area contributed by atoms with Crippen LogP contribution in [0.4, 0.5) is 0 Å². The van der Waals surface area contributed by atoms with Crippen LogP contribution in [0.3, 0.4) is 0 Å². The summed E-state index contributed by atoms with van der Waals surface area (Å²) in [6, 6.07) is 3.81. The average Bonchev–Trinajstić information content (AvgIpc) is 3.20. The van der Waals surface area contributed by atoms with Crippen LogP contribution in [0.2, 0.25) is 5.15 Å². The van der Waals surface area contributed by atoms with Gasteiger partial charge < -0.3 is 14.9 Å². The van der Waals surface area contributed by atoms with Crippen molar-refractivity contribution >= 4 is 56.7 Å². The van der Waals surface area contributed by atoms with Crippen LogP contribution in [0.1, 0.15) is 6.23 Å². The van der Waals surface area contributed by atoms with Crippen molar-refractivity contribution in [3.05, 3.63) is 26.5 Å². The molecule has 0 aliphatic carbocycles. The standard InChI is InChI=1S/C13H10ClIN4O3S/c14-9-7-11(18-13(15)17-9)19(12-8(21)5(20)4-22-12)10(16-7)6-2-1-3-23-6/h1-3,5,8,12,20-21H,4H2/t5-,8-,12-/m1/s1. The van der Waals surface area contributed by atoms with Gasteiger partial charge in [0.05, 0.1) is 11.5 Å². The van der Waals surface area contributed by atoms with Gasteiger partial charge in [0.2, 0.25) is 0 Å². The Labute approximate surface area is 153 Å². The number of aliphatic hydroxyl groups excluding tert-OH is 2. The lowest BCUT2D eigenvalue weighted by atomic mass is 10.2. The van der Waals surface area contributed by atoms with Gasteiger partial charge in [0, 0.05) is 22.6 Å². The maximum atomic E-state index is 10.3. The molecule has 1 aliphatic rings. The van der Waals surface area contributed by atoms with Crippen LogP contribution >= 0.6 is 45.5 Å². The van der Waals surface area contributed by atoms with Crippen LogP contribution in [0.5, 0.6) is 0 Å². The molecule has 10 heteroatoms. The highest BCUT2D eigenvalue weighted by Gasteiger charge is 2.39. The Balaban J connectivity index is 2.01. The summed E-state index contributed by atoms with van der Waals surface area (Å²) in [4.78, 5) is 13.9. The number of imidazole rings is 1. The second-order valence-corrected chi connectivity index (χ2v) is 7.29. The van der Waals surface area contributed by atoms with Crippen molar-refractivity contribution in [1.82, 2.24) is 19.5 Å². The van der Waals surface area contributed by atoms with Gasteiger partial charge in [-0.05, 0) is 11.4 Å². The zero-order chi connectivity index (χ0) is 16.1. The number of rotatable bonds is 2. The Kier molecular flexibility index (Phi) is 4.02. The molecule has 7 nitrogen and oxygen atoms in total. The Morgan fingerprint density at radius 3 is 2.83 bits per heavy atom. The topological polar surface area (TPSA) is 93.3 Å². The van der Waals surface area contributed by atoms with Gasteiger partial charge >= 0.3 is 0 Å². The second kappa shape index (κ2) is 5.90. The number of ether oxygens (including phenoxy) is 1. The van der Waals surface area contributed by atoms with Crippen LogP contribution in [0.25, 0.3) is 21.9 Å². The molecule has 2 N–H and O–H groups in total. The third kappa shape index (κ3) is 2.55. The lowest BCUT2D eigenvalue weighted by molar-refractivity contribution is -0.0152. The quantitative estimate of drug-likeness (QED) is 0.343. The molecule has 0 saturated carbocycles. The van der Waals surface area contributed by atoms with Crippen LogP contribution in [-0.4, -0.2) is 48.5 Å². The van der Waals surface area contributed by atoms with Crippen molar-refractivity contribution < 1.29 is 14.9 Å². The number of nitrogens with zero attached hydrogens (tertiary/aromatic N) is 4. The normalized spacial score (nSPS) is 24.6. The maximum Gasteiger partial charge on any atom is 0.194 e. The highest BCUT2D eigenvalue weighted by atomic mass is 127. The Morgan fingerprint density at radius 2 is 2.17 bits per heavy atom. The molecule has 0 radical (unpaired) electrons. The van der Waals surface area contributed by atoms with E-state index in [1.165, 1.54) is 11.3 Å². The summed E-state index contributed by atoms with van der Waals surface area (Å²) in [6.07, 6.45) is -2.81. The largest absolute Gasteiger partial charge is 0.388 e. The summed E-state index contributed by atoms with van der Waals surface area (Å²) < 4.78 is 7.71. The molecule has 0 unspecified atom stereocenters. The summed E-state index contributed by atoms with van der Waals surface area (Å²) in [7, 11) is 0. The number of hydrogen-bond acceptors (Lipinski definition) is 7. The SMILES string of the molecule is O[C@@H]1[C@H](O)CO[C@H]1n1c(-c2cccs2)nc2c(Cl)nc(I)nc21. The first kappa shape index (κ1) is 15.7. The minimum absolute atomic E-state index is 0.0469. The van der Waals surface area contributed by atoms with E-state index in [1.807, 2.05) is 40.1 Å². The maximum absolute atomic E-state index is 10.3. The molecule has 0 spiro atoms. The number of fused-ring (bicyclic) bond motifs is 1. The van der Waals surface area contributed by atoms with Crippen molar-refractivity contribution in [2.24, 2.45) is 0 Å². The fourth-order valence-corrected chi connectivity index (χ4v) is 4.08. The van der Waals surface area contributed by atoms with Crippen molar-refractivity contribution in [3.63, 3.8) is 0 Å². The lowest BCUT2D eigenvalue weighted by Gasteiger charge is -2.19. The Bertz CT molecular complexity index is 872. The summed E-state index contributed by atoms with van der Waals surface area (Å²) in [5, 5.41) is 22.2. The van der Waals surface area contributed by atoms with Gasteiger partial charge in [-0.3, -0.25) is 4.57 Å². The smallest absolute Gasteiger partial charge is 0.194 e. The highest BCUT2D eigenvalue weighted by Crippen LogP contribution is 2.36. The van der Waals surface area contributed by atoms with Crippen molar-refractivity contribution in [3.8, 4) is 10.7 Å². The van der Waals surface area contributed by atoms with Gasteiger partial charge in [-0.2, -0.15) is 0 Å². The van der Waals surface area contributed by atoms with Crippen LogP contribution < -0.4 is 0 Å². The predicted molar refractivity (Wildman–Crippen MR) is 93.4 cm³/mol. The van der Waals surface area contributed by atoms with Gasteiger partial charge in [0.1, 0.15) is 17.7 Å². The Hall–Kier alpha value is -0.850. The third-order valence-electron chi connectivity index (χ3n) is 3.59. The zero-order valence-electron chi connectivity index (χ0n) is 11.4. The Morgan fingerprint density at radius 1 is 1.35 bits per heavy atom. The third-order valence-corrected chi connectivity index (χ3v) is 5.20. The molecule has 23 heavy (non-hydrogen) atoms. The first-order valence-electron chi connectivity index (χ1n) is 6.69. The van der Waals surface area contributed by atoms with E-state index in [0.29, 0.717) is 20.8 Å². The number of halogens is 2. The lowest BCUT2D eigenvalue weighted by Crippen LogP contribution is -2.28. The first-order valence-corrected chi connectivity index (χ1v) is 9.02. The molecule has 4 heterocycles. The summed E-state index contributed by atoms with van der Waals surface area (Å²) in [5.41, 5.74) is 0.906. The van der Waals surface area contributed by atoms with E-state index in [4.69, 9.17) is 16.3 Å². The van der Waals surface area contributed by atoms with Crippen molar-refractivity contribution in [2.75, 3.05) is 6.61 Å². The summed E-state index contributed by atoms with van der Waals surface area (Å²) in [6.45, 7) is 0.0469. The van der Waals surface area contributed by atoms with Gasteiger partial charge in [-0.1, -0.05) is 17.7 Å². The predicted octanol–water partition coefficient (Wildman–Crippen LogP) is 2.06. The zero-order valence-corrected chi connectivity index (χ0v) is 15.2. The van der Waals surface area contributed by atoms with Crippen molar-refractivity contribution in [2.45, 2.75) is 18.4 Å². The average molecular weight is 465 g/mol. The van der Waals surface area contributed by atoms with E-state index >= 15 is 0 Å². The van der Waals surface area contributed by atoms with Gasteiger partial charge in [-0.25, -0.2) is 15.0 Å². The monoisotopic (exact) mass is 464 g/mol. The fraction of sp³-hybridized carbons (Fsp3) is 0.308. The minimum atomic E-state index is -1.07. The molecule has 3 atom stereocenters. The number of aliphatic hydroxyl groups is 2. The molecule has 0 bridgehead atoms. The molecular weight excluding hydrogens is 455 g/mol. The molecule has 3 aromatic rings. The van der Waals surface area contributed by atoms with Crippen LogP contribution in [0.15, 0.2) is 17.5 Å². The van der Waals surface area contributed by atoms with Crippen LogP contribution in [0, 0.1) is 3.83 Å². The van der Waals surface area contributed by atoms with Crippen molar-refractivity contribution in [1.29, 1.82) is 0 Å². The number of aromatic nitrogens is 4. The molecule has 120 valence electrons. The van der Waals surface area contributed by atoms with E-state index in [-0.39, 0.29) is 11.8 Å². The minimum Gasteiger partial charge on any atom is -0.388 e. The molecule has 1 saturated heterocycles. The summed E-state index contributed by atoms with van der Waals surface area (Å²) >= 11 is 9.67. The molecule has 1 aliphatic heterocycles. The fourth-order valence-electron chi connectivity index (χ4n) is 2.55. The van der Waals surface area contributed by atoms with E-state index in [2.05, 4.69) is 15.0 Å². The van der Waals surface area contributed by atoms with Gasteiger partial charge in [-0.15, -0.1) is 11.3 Å². The molecule has 3 aromatic heterocycles. The number of thiophene rings is 1.